The molecule has 0 aliphatic carbocycles. The van der Waals surface area contributed by atoms with Crippen molar-refractivity contribution in [3.63, 3.8) is 0 Å². The molecule has 29 heavy (non-hydrogen) atoms. The number of rotatable bonds is 6. The number of piperidine rings is 1. The Morgan fingerprint density at radius 1 is 1.10 bits per heavy atom. The minimum Gasteiger partial charge on any atom is -0.370 e. The Labute approximate surface area is 173 Å². The Morgan fingerprint density at radius 2 is 1.79 bits per heavy atom. The summed E-state index contributed by atoms with van der Waals surface area (Å²) in [7, 11) is -3.40. The van der Waals surface area contributed by atoms with Gasteiger partial charge in [0.1, 0.15) is 0 Å². The summed E-state index contributed by atoms with van der Waals surface area (Å²) in [5.74, 6) is 0.769. The number of hydrogen-bond acceptors (Lipinski definition) is 3. The van der Waals surface area contributed by atoms with E-state index >= 15 is 0 Å². The predicted molar refractivity (Wildman–Crippen MR) is 119 cm³/mol. The molecule has 0 spiro atoms. The molecular formula is C22H30N4O2S. The Balaban J connectivity index is 1.62. The number of hydrogen-bond donors (Lipinski definition) is 2. The molecule has 1 fully saturated rings. The SMILES string of the molecule is CC(C)c1cccc(NC(N)=NCc2ccc(S(=O)(=O)N3CCCCC3)cc2)c1. The second-order valence-corrected chi connectivity index (χ2v) is 9.65. The Kier molecular flexibility index (Phi) is 6.92. The Morgan fingerprint density at radius 3 is 2.45 bits per heavy atom. The zero-order valence-electron chi connectivity index (χ0n) is 17.1. The van der Waals surface area contributed by atoms with Crippen molar-refractivity contribution < 1.29 is 8.42 Å². The first kappa shape index (κ1) is 21.3. The van der Waals surface area contributed by atoms with Crippen LogP contribution in [-0.4, -0.2) is 31.8 Å². The van der Waals surface area contributed by atoms with E-state index in [1.807, 2.05) is 12.1 Å². The van der Waals surface area contributed by atoms with E-state index in [2.05, 4.69) is 36.3 Å². The molecule has 0 unspecified atom stereocenters. The highest BCUT2D eigenvalue weighted by molar-refractivity contribution is 7.89. The first-order valence-electron chi connectivity index (χ1n) is 10.1. The van der Waals surface area contributed by atoms with Crippen LogP contribution in [0.3, 0.4) is 0 Å². The van der Waals surface area contributed by atoms with Crippen LogP contribution >= 0.6 is 0 Å². The average molecular weight is 415 g/mol. The van der Waals surface area contributed by atoms with Crippen molar-refractivity contribution in [2.75, 3.05) is 18.4 Å². The van der Waals surface area contributed by atoms with Gasteiger partial charge >= 0.3 is 0 Å². The number of nitrogens with two attached hydrogens (primary N) is 1. The van der Waals surface area contributed by atoms with Gasteiger partial charge in [0, 0.05) is 18.8 Å². The highest BCUT2D eigenvalue weighted by atomic mass is 32.2. The van der Waals surface area contributed by atoms with Gasteiger partial charge < -0.3 is 11.1 Å². The van der Waals surface area contributed by atoms with Crippen molar-refractivity contribution in [1.29, 1.82) is 0 Å². The summed E-state index contributed by atoms with van der Waals surface area (Å²) < 4.78 is 27.0. The van der Waals surface area contributed by atoms with Crippen LogP contribution < -0.4 is 11.1 Å². The highest BCUT2D eigenvalue weighted by Crippen LogP contribution is 2.21. The molecular weight excluding hydrogens is 384 g/mol. The fraction of sp³-hybridized carbons (Fsp3) is 0.409. The lowest BCUT2D eigenvalue weighted by Crippen LogP contribution is -2.35. The molecule has 0 aromatic heterocycles. The van der Waals surface area contributed by atoms with Crippen molar-refractivity contribution in [3.8, 4) is 0 Å². The number of nitrogens with one attached hydrogen (secondary N) is 1. The summed E-state index contributed by atoms with van der Waals surface area (Å²) in [6.07, 6.45) is 2.96. The Hall–Kier alpha value is -2.38. The van der Waals surface area contributed by atoms with Crippen molar-refractivity contribution in [2.45, 2.75) is 50.5 Å². The van der Waals surface area contributed by atoms with E-state index in [1.165, 1.54) is 5.56 Å². The maximum absolute atomic E-state index is 12.7. The van der Waals surface area contributed by atoms with Gasteiger partial charge in [-0.2, -0.15) is 4.31 Å². The van der Waals surface area contributed by atoms with Crippen LogP contribution in [0.1, 0.15) is 50.2 Å². The standard InChI is InChI=1S/C22H30N4O2S/c1-17(2)19-7-6-8-20(15-19)25-22(23)24-16-18-9-11-21(12-10-18)29(27,28)26-13-4-3-5-14-26/h6-12,15,17H,3-5,13-14,16H2,1-2H3,(H3,23,24,25). The van der Waals surface area contributed by atoms with Gasteiger partial charge in [0.05, 0.1) is 11.4 Å². The normalized spacial score (nSPS) is 16.2. The van der Waals surface area contributed by atoms with Gasteiger partial charge in [-0.25, -0.2) is 13.4 Å². The maximum atomic E-state index is 12.7. The van der Waals surface area contributed by atoms with Crippen LogP contribution in [0, 0.1) is 0 Å². The molecule has 1 aliphatic rings. The van der Waals surface area contributed by atoms with E-state index in [-0.39, 0.29) is 0 Å². The fourth-order valence-corrected chi connectivity index (χ4v) is 4.88. The van der Waals surface area contributed by atoms with E-state index < -0.39 is 10.0 Å². The summed E-state index contributed by atoms with van der Waals surface area (Å²) in [6, 6.07) is 15.0. The lowest BCUT2D eigenvalue weighted by Gasteiger charge is -2.25. The van der Waals surface area contributed by atoms with Gasteiger partial charge in [0.15, 0.2) is 5.96 Å². The predicted octanol–water partition coefficient (Wildman–Crippen LogP) is 3.91. The minimum absolute atomic E-state index is 0.330. The second-order valence-electron chi connectivity index (χ2n) is 7.72. The topological polar surface area (TPSA) is 87.8 Å². The molecule has 2 aromatic rings. The van der Waals surface area contributed by atoms with Crippen molar-refractivity contribution >= 4 is 21.7 Å². The number of anilines is 1. The zero-order chi connectivity index (χ0) is 20.9. The van der Waals surface area contributed by atoms with Crippen molar-refractivity contribution in [1.82, 2.24) is 4.31 Å². The molecule has 3 N–H and O–H groups in total. The summed E-state index contributed by atoms with van der Waals surface area (Å²) in [4.78, 5) is 4.71. The smallest absolute Gasteiger partial charge is 0.243 e. The van der Waals surface area contributed by atoms with E-state index in [0.29, 0.717) is 36.4 Å². The van der Waals surface area contributed by atoms with E-state index in [4.69, 9.17) is 5.73 Å². The molecule has 1 saturated heterocycles. The van der Waals surface area contributed by atoms with Crippen LogP contribution in [0.4, 0.5) is 5.69 Å². The van der Waals surface area contributed by atoms with Crippen LogP contribution in [-0.2, 0) is 16.6 Å². The monoisotopic (exact) mass is 414 g/mol. The number of sulfonamides is 1. The first-order chi connectivity index (χ1) is 13.9. The zero-order valence-corrected chi connectivity index (χ0v) is 18.0. The summed E-state index contributed by atoms with van der Waals surface area (Å²) in [6.45, 7) is 5.88. The third-order valence-electron chi connectivity index (χ3n) is 5.13. The number of guanidine groups is 1. The first-order valence-corrected chi connectivity index (χ1v) is 11.6. The lowest BCUT2D eigenvalue weighted by molar-refractivity contribution is 0.346. The summed E-state index contributed by atoms with van der Waals surface area (Å²) in [5.41, 5.74) is 9.05. The molecule has 6 nitrogen and oxygen atoms in total. The maximum Gasteiger partial charge on any atom is 0.243 e. The lowest BCUT2D eigenvalue weighted by atomic mass is 10.0. The quantitative estimate of drug-likeness (QED) is 0.554. The second kappa shape index (κ2) is 9.41. The largest absolute Gasteiger partial charge is 0.370 e. The molecule has 0 atom stereocenters. The molecule has 7 heteroatoms. The minimum atomic E-state index is -3.40. The van der Waals surface area contributed by atoms with Gasteiger partial charge in [0.25, 0.3) is 0 Å². The molecule has 0 saturated carbocycles. The van der Waals surface area contributed by atoms with Crippen LogP contribution in [0.5, 0.6) is 0 Å². The van der Waals surface area contributed by atoms with Gasteiger partial charge in [-0.1, -0.05) is 44.5 Å². The molecule has 1 aliphatic heterocycles. The van der Waals surface area contributed by atoms with Gasteiger partial charge in [-0.05, 0) is 54.2 Å². The van der Waals surface area contributed by atoms with E-state index in [1.54, 1.807) is 28.6 Å². The summed E-state index contributed by atoms with van der Waals surface area (Å²) >= 11 is 0. The molecule has 2 aromatic carbocycles. The average Bonchev–Trinajstić information content (AvgIpc) is 2.73. The van der Waals surface area contributed by atoms with E-state index in [0.717, 1.165) is 30.5 Å². The van der Waals surface area contributed by atoms with Crippen molar-refractivity contribution in [2.24, 2.45) is 10.7 Å². The van der Waals surface area contributed by atoms with Gasteiger partial charge in [0.2, 0.25) is 10.0 Å². The number of nitrogens with zero attached hydrogens (tertiary/aromatic N) is 2. The van der Waals surface area contributed by atoms with Gasteiger partial charge in [-0.3, -0.25) is 0 Å². The summed E-state index contributed by atoms with van der Waals surface area (Å²) in [5, 5.41) is 3.11. The number of aliphatic imine (C=N–C) groups is 1. The molecule has 156 valence electrons. The number of benzene rings is 2. The molecule has 0 radical (unpaired) electrons. The highest BCUT2D eigenvalue weighted by Gasteiger charge is 2.25. The van der Waals surface area contributed by atoms with Crippen LogP contribution in [0.25, 0.3) is 0 Å². The van der Waals surface area contributed by atoms with Crippen molar-refractivity contribution in [3.05, 3.63) is 59.7 Å². The fourth-order valence-electron chi connectivity index (χ4n) is 3.36. The molecule has 0 amide bonds. The van der Waals surface area contributed by atoms with E-state index in [9.17, 15) is 8.42 Å². The third-order valence-corrected chi connectivity index (χ3v) is 7.05. The molecule has 0 bridgehead atoms. The molecule has 3 rings (SSSR count). The van der Waals surface area contributed by atoms with Crippen LogP contribution in [0.15, 0.2) is 58.4 Å². The Bertz CT molecular complexity index is 947. The molecule has 1 heterocycles. The van der Waals surface area contributed by atoms with Crippen LogP contribution in [0.2, 0.25) is 0 Å². The third kappa shape index (κ3) is 5.58. The van der Waals surface area contributed by atoms with Gasteiger partial charge in [-0.15, -0.1) is 0 Å².